The lowest BCUT2D eigenvalue weighted by Gasteiger charge is -2.34. The van der Waals surface area contributed by atoms with Gasteiger partial charge in [0.05, 0.1) is 0 Å². The predicted molar refractivity (Wildman–Crippen MR) is 80.5 cm³/mol. The van der Waals surface area contributed by atoms with Crippen molar-refractivity contribution in [3.63, 3.8) is 0 Å². The Balaban J connectivity index is 2.83. The summed E-state index contributed by atoms with van der Waals surface area (Å²) in [7, 11) is 0. The third-order valence-corrected chi connectivity index (χ3v) is 3.56. The van der Waals surface area contributed by atoms with Crippen LogP contribution >= 0.6 is 0 Å². The first-order valence-corrected chi connectivity index (χ1v) is 6.94. The quantitative estimate of drug-likeness (QED) is 0.874. The summed E-state index contributed by atoms with van der Waals surface area (Å²) in [6.45, 7) is 8.73. The maximum absolute atomic E-state index is 12.3. The van der Waals surface area contributed by atoms with E-state index in [2.05, 4.69) is 0 Å². The Bertz CT molecular complexity index is 517. The Hall–Kier alpha value is -2.04. The van der Waals surface area contributed by atoms with E-state index in [4.69, 9.17) is 4.74 Å². The Morgan fingerprint density at radius 1 is 1.24 bits per heavy atom. The third kappa shape index (κ3) is 3.74. The fraction of sp³-hybridized carbons (Fsp3) is 0.500. The Morgan fingerprint density at radius 2 is 1.76 bits per heavy atom. The minimum Gasteiger partial charge on any atom is -0.483 e. The first-order valence-electron chi connectivity index (χ1n) is 6.94. The minimum absolute atomic E-state index is 0.170. The lowest BCUT2D eigenvalue weighted by atomic mass is 10.0. The molecular formula is C16H23NO4. The summed E-state index contributed by atoms with van der Waals surface area (Å²) >= 11 is 0. The molecule has 0 atom stereocenters. The van der Waals surface area contributed by atoms with Gasteiger partial charge >= 0.3 is 5.97 Å². The number of nitrogens with zero attached hydrogens (tertiary/aromatic N) is 1. The number of para-hydroxylation sites is 1. The van der Waals surface area contributed by atoms with E-state index in [0.29, 0.717) is 12.3 Å². The van der Waals surface area contributed by atoms with Crippen LogP contribution in [0.4, 0.5) is 0 Å². The number of rotatable bonds is 6. The van der Waals surface area contributed by atoms with Crippen molar-refractivity contribution in [2.45, 2.75) is 40.2 Å². The number of carboxylic acids is 1. The Morgan fingerprint density at radius 3 is 2.19 bits per heavy atom. The molecule has 0 fully saturated rings. The molecule has 5 heteroatoms. The van der Waals surface area contributed by atoms with E-state index in [0.717, 1.165) is 11.1 Å². The second-order valence-corrected chi connectivity index (χ2v) is 5.51. The van der Waals surface area contributed by atoms with Crippen LogP contribution < -0.4 is 4.74 Å². The van der Waals surface area contributed by atoms with E-state index in [1.165, 1.54) is 18.7 Å². The molecule has 1 aromatic rings. The summed E-state index contributed by atoms with van der Waals surface area (Å²) in [5.74, 6) is -0.702. The highest BCUT2D eigenvalue weighted by Crippen LogP contribution is 2.23. The molecule has 1 rings (SSSR count). The lowest BCUT2D eigenvalue weighted by Crippen LogP contribution is -2.54. The fourth-order valence-electron chi connectivity index (χ4n) is 2.24. The van der Waals surface area contributed by atoms with Crippen molar-refractivity contribution in [2.24, 2.45) is 0 Å². The number of carbonyl (C=O) groups excluding carboxylic acids is 1. The molecule has 0 aliphatic heterocycles. The van der Waals surface area contributed by atoms with Gasteiger partial charge in [-0.1, -0.05) is 18.2 Å². The number of likely N-dealkylation sites (N-methyl/N-ethyl adjacent to an activating group) is 1. The van der Waals surface area contributed by atoms with E-state index >= 15 is 0 Å². The highest BCUT2D eigenvalue weighted by atomic mass is 16.5. The molecule has 21 heavy (non-hydrogen) atoms. The predicted octanol–water partition coefficient (Wildman–Crippen LogP) is 2.39. The van der Waals surface area contributed by atoms with Gasteiger partial charge in [0.1, 0.15) is 11.3 Å². The average molecular weight is 293 g/mol. The molecular weight excluding hydrogens is 270 g/mol. The highest BCUT2D eigenvalue weighted by Gasteiger charge is 2.36. The number of aryl methyl sites for hydroxylation is 2. The molecule has 116 valence electrons. The summed E-state index contributed by atoms with van der Waals surface area (Å²) in [6, 6.07) is 5.74. The molecule has 0 heterocycles. The molecule has 0 bridgehead atoms. The zero-order valence-corrected chi connectivity index (χ0v) is 13.3. The first-order chi connectivity index (χ1) is 9.71. The molecule has 5 nitrogen and oxygen atoms in total. The zero-order chi connectivity index (χ0) is 16.2. The highest BCUT2D eigenvalue weighted by molar-refractivity contribution is 5.87. The Kier molecular flexibility index (Phi) is 5.35. The van der Waals surface area contributed by atoms with Crippen molar-refractivity contribution < 1.29 is 19.4 Å². The fourth-order valence-corrected chi connectivity index (χ4v) is 2.24. The van der Waals surface area contributed by atoms with Crippen LogP contribution in [0.5, 0.6) is 5.75 Å². The molecule has 1 aromatic carbocycles. The van der Waals surface area contributed by atoms with Gasteiger partial charge in [-0.3, -0.25) is 4.79 Å². The van der Waals surface area contributed by atoms with Crippen molar-refractivity contribution >= 4 is 11.9 Å². The van der Waals surface area contributed by atoms with E-state index < -0.39 is 11.5 Å². The molecule has 0 saturated carbocycles. The van der Waals surface area contributed by atoms with Gasteiger partial charge in [-0.2, -0.15) is 0 Å². The van der Waals surface area contributed by atoms with Crippen LogP contribution in [0.3, 0.4) is 0 Å². The minimum atomic E-state index is -1.25. The summed E-state index contributed by atoms with van der Waals surface area (Å²) in [5, 5.41) is 9.23. The second-order valence-electron chi connectivity index (χ2n) is 5.51. The maximum atomic E-state index is 12.3. The first kappa shape index (κ1) is 17.0. The van der Waals surface area contributed by atoms with Crippen LogP contribution in [0.25, 0.3) is 0 Å². The van der Waals surface area contributed by atoms with Crippen LogP contribution in [-0.4, -0.2) is 40.6 Å². The van der Waals surface area contributed by atoms with Gasteiger partial charge in [0, 0.05) is 6.54 Å². The number of carbonyl (C=O) groups is 2. The van der Waals surface area contributed by atoms with E-state index in [-0.39, 0.29) is 12.5 Å². The number of amides is 1. The van der Waals surface area contributed by atoms with Crippen LogP contribution in [0.1, 0.15) is 31.9 Å². The van der Waals surface area contributed by atoms with Crippen molar-refractivity contribution in [3.05, 3.63) is 29.3 Å². The summed E-state index contributed by atoms with van der Waals surface area (Å²) < 4.78 is 5.60. The van der Waals surface area contributed by atoms with Gasteiger partial charge in [-0.15, -0.1) is 0 Å². The van der Waals surface area contributed by atoms with Crippen LogP contribution in [0.2, 0.25) is 0 Å². The number of aliphatic carboxylic acids is 1. The molecule has 0 aromatic heterocycles. The van der Waals surface area contributed by atoms with Crippen LogP contribution in [0.15, 0.2) is 18.2 Å². The number of hydrogen-bond acceptors (Lipinski definition) is 3. The molecule has 1 amide bonds. The summed E-state index contributed by atoms with van der Waals surface area (Å²) in [5.41, 5.74) is 0.641. The van der Waals surface area contributed by atoms with E-state index in [1.54, 1.807) is 6.92 Å². The Labute approximate surface area is 125 Å². The van der Waals surface area contributed by atoms with Gasteiger partial charge in [-0.05, 0) is 45.7 Å². The van der Waals surface area contributed by atoms with Gasteiger partial charge in [0.2, 0.25) is 0 Å². The SMILES string of the molecule is CCN(C(=O)COc1c(C)cccc1C)C(C)(C)C(=O)O. The monoisotopic (exact) mass is 293 g/mol. The van der Waals surface area contributed by atoms with Gasteiger partial charge in [-0.25, -0.2) is 4.79 Å². The third-order valence-electron chi connectivity index (χ3n) is 3.56. The molecule has 1 N–H and O–H groups in total. The van der Waals surface area contributed by atoms with Crippen LogP contribution in [0, 0.1) is 13.8 Å². The summed E-state index contributed by atoms with van der Waals surface area (Å²) in [6.07, 6.45) is 0. The van der Waals surface area contributed by atoms with Crippen molar-refractivity contribution in [1.82, 2.24) is 4.90 Å². The molecule has 0 aliphatic carbocycles. The smallest absolute Gasteiger partial charge is 0.329 e. The van der Waals surface area contributed by atoms with E-state index in [1.807, 2.05) is 32.0 Å². The average Bonchev–Trinajstić information content (AvgIpc) is 2.38. The van der Waals surface area contributed by atoms with E-state index in [9.17, 15) is 14.7 Å². The topological polar surface area (TPSA) is 66.8 Å². The lowest BCUT2D eigenvalue weighted by molar-refractivity contribution is -0.157. The molecule has 0 radical (unpaired) electrons. The maximum Gasteiger partial charge on any atom is 0.329 e. The van der Waals surface area contributed by atoms with Crippen molar-refractivity contribution in [1.29, 1.82) is 0 Å². The van der Waals surface area contributed by atoms with Gasteiger partial charge in [0.15, 0.2) is 6.61 Å². The number of ether oxygens (including phenoxy) is 1. The van der Waals surface area contributed by atoms with Crippen molar-refractivity contribution in [3.8, 4) is 5.75 Å². The zero-order valence-electron chi connectivity index (χ0n) is 13.3. The summed E-state index contributed by atoms with van der Waals surface area (Å²) in [4.78, 5) is 24.8. The largest absolute Gasteiger partial charge is 0.483 e. The van der Waals surface area contributed by atoms with Gasteiger partial charge < -0.3 is 14.7 Å². The number of benzene rings is 1. The molecule has 0 spiro atoms. The standard InChI is InChI=1S/C16H23NO4/c1-6-17(16(4,5)15(19)20)13(18)10-21-14-11(2)8-7-9-12(14)3/h7-9H,6,10H2,1-5H3,(H,19,20). The molecule has 0 unspecified atom stereocenters. The molecule has 0 aliphatic rings. The second kappa shape index (κ2) is 6.61. The van der Waals surface area contributed by atoms with Gasteiger partial charge in [0.25, 0.3) is 5.91 Å². The number of hydrogen-bond donors (Lipinski definition) is 1. The molecule has 0 saturated heterocycles. The number of carboxylic acid groups (broad SMARTS) is 1. The normalized spacial score (nSPS) is 11.1. The van der Waals surface area contributed by atoms with Crippen molar-refractivity contribution in [2.75, 3.05) is 13.2 Å². The van der Waals surface area contributed by atoms with Crippen LogP contribution in [-0.2, 0) is 9.59 Å².